The summed E-state index contributed by atoms with van der Waals surface area (Å²) in [6.07, 6.45) is 2.41. The van der Waals surface area contributed by atoms with Gasteiger partial charge < -0.3 is 9.73 Å². The van der Waals surface area contributed by atoms with Crippen LogP contribution >= 0.6 is 0 Å². The highest BCUT2D eigenvalue weighted by Crippen LogP contribution is 2.30. The minimum atomic E-state index is 0.0773. The van der Waals surface area contributed by atoms with Crippen LogP contribution in [-0.2, 0) is 5.41 Å². The van der Waals surface area contributed by atoms with Crippen LogP contribution in [0.3, 0.4) is 0 Å². The fourth-order valence-electron chi connectivity index (χ4n) is 2.35. The molecule has 1 aliphatic rings. The van der Waals surface area contributed by atoms with Crippen LogP contribution in [0, 0.1) is 6.92 Å². The molecule has 1 atom stereocenters. The quantitative estimate of drug-likeness (QED) is 0.794. The predicted molar refractivity (Wildman–Crippen MR) is 64.8 cm³/mol. The number of aromatic nitrogens is 1. The van der Waals surface area contributed by atoms with Crippen molar-refractivity contribution in [2.75, 3.05) is 13.1 Å². The molecule has 1 aliphatic heterocycles. The molecule has 1 unspecified atom stereocenters. The molecular weight excluding hydrogens is 200 g/mol. The van der Waals surface area contributed by atoms with Gasteiger partial charge in [-0.15, -0.1) is 0 Å². The molecule has 3 heteroatoms. The number of nitrogens with one attached hydrogen (secondary N) is 1. The van der Waals surface area contributed by atoms with Crippen molar-refractivity contribution in [2.24, 2.45) is 0 Å². The monoisotopic (exact) mass is 222 g/mol. The Morgan fingerprint density at radius 1 is 1.38 bits per heavy atom. The Morgan fingerprint density at radius 3 is 2.62 bits per heavy atom. The number of piperidine rings is 1. The molecule has 0 saturated carbocycles. The van der Waals surface area contributed by atoms with Gasteiger partial charge in [0.25, 0.3) is 0 Å². The Kier molecular flexibility index (Phi) is 3.06. The van der Waals surface area contributed by atoms with Crippen LogP contribution in [0.2, 0.25) is 0 Å². The smallest absolute Gasteiger partial charge is 0.199 e. The molecule has 1 N–H and O–H groups in total. The minimum Gasteiger partial charge on any atom is -0.445 e. The lowest BCUT2D eigenvalue weighted by atomic mass is 9.91. The van der Waals surface area contributed by atoms with Crippen molar-refractivity contribution in [3.63, 3.8) is 0 Å². The van der Waals surface area contributed by atoms with E-state index >= 15 is 0 Å². The summed E-state index contributed by atoms with van der Waals surface area (Å²) in [7, 11) is 0. The summed E-state index contributed by atoms with van der Waals surface area (Å²) in [5, 5.41) is 3.40. The molecule has 0 aliphatic carbocycles. The third kappa shape index (κ3) is 2.29. The predicted octanol–water partition coefficient (Wildman–Crippen LogP) is 2.75. The standard InChI is InChI=1S/C13H22N2O/c1-9-11(13(2,3)4)15-12(16-9)10-6-5-7-14-8-10/h10,14H,5-8H2,1-4H3. The molecule has 1 aromatic rings. The first-order valence-corrected chi connectivity index (χ1v) is 6.17. The number of hydrogen-bond acceptors (Lipinski definition) is 3. The van der Waals surface area contributed by atoms with Crippen LogP contribution in [0.5, 0.6) is 0 Å². The van der Waals surface area contributed by atoms with Crippen LogP contribution in [0.4, 0.5) is 0 Å². The van der Waals surface area contributed by atoms with E-state index < -0.39 is 0 Å². The molecule has 1 saturated heterocycles. The maximum atomic E-state index is 5.83. The zero-order chi connectivity index (χ0) is 11.8. The van der Waals surface area contributed by atoms with Crippen LogP contribution in [0.25, 0.3) is 0 Å². The molecule has 0 aromatic carbocycles. The van der Waals surface area contributed by atoms with Crippen LogP contribution in [-0.4, -0.2) is 18.1 Å². The summed E-state index contributed by atoms with van der Waals surface area (Å²) < 4.78 is 5.83. The first-order valence-electron chi connectivity index (χ1n) is 6.17. The van der Waals surface area contributed by atoms with Crippen LogP contribution in [0.1, 0.15) is 56.9 Å². The molecule has 0 bridgehead atoms. The highest BCUT2D eigenvalue weighted by atomic mass is 16.4. The largest absolute Gasteiger partial charge is 0.445 e. The van der Waals surface area contributed by atoms with E-state index in [0.29, 0.717) is 5.92 Å². The second-order valence-electron chi connectivity index (χ2n) is 5.75. The van der Waals surface area contributed by atoms with E-state index in [0.717, 1.165) is 30.4 Å². The van der Waals surface area contributed by atoms with Gasteiger partial charge in [0, 0.05) is 17.9 Å². The van der Waals surface area contributed by atoms with Gasteiger partial charge in [0.05, 0.1) is 5.69 Å². The van der Waals surface area contributed by atoms with Gasteiger partial charge in [-0.25, -0.2) is 4.98 Å². The minimum absolute atomic E-state index is 0.0773. The molecule has 2 rings (SSSR count). The van der Waals surface area contributed by atoms with Crippen molar-refractivity contribution in [1.29, 1.82) is 0 Å². The summed E-state index contributed by atoms with van der Waals surface area (Å²) in [4.78, 5) is 4.70. The Morgan fingerprint density at radius 2 is 2.12 bits per heavy atom. The van der Waals surface area contributed by atoms with Gasteiger partial charge in [-0.3, -0.25) is 0 Å². The normalized spacial score (nSPS) is 22.4. The lowest BCUT2D eigenvalue weighted by Gasteiger charge is -2.19. The first kappa shape index (κ1) is 11.6. The first-order chi connectivity index (χ1) is 7.48. The average Bonchev–Trinajstić information content (AvgIpc) is 2.61. The van der Waals surface area contributed by atoms with E-state index in [1.807, 2.05) is 6.92 Å². The van der Waals surface area contributed by atoms with E-state index in [9.17, 15) is 0 Å². The lowest BCUT2D eigenvalue weighted by Crippen LogP contribution is -2.28. The van der Waals surface area contributed by atoms with Crippen molar-refractivity contribution >= 4 is 0 Å². The zero-order valence-electron chi connectivity index (χ0n) is 10.8. The molecule has 0 amide bonds. The number of rotatable bonds is 1. The molecule has 2 heterocycles. The Hall–Kier alpha value is -0.830. The van der Waals surface area contributed by atoms with Gasteiger partial charge in [0.15, 0.2) is 5.89 Å². The molecule has 1 fully saturated rings. The van der Waals surface area contributed by atoms with Gasteiger partial charge in [0.1, 0.15) is 5.76 Å². The Bertz CT molecular complexity index is 356. The van der Waals surface area contributed by atoms with E-state index in [1.165, 1.54) is 12.8 Å². The topological polar surface area (TPSA) is 38.1 Å². The zero-order valence-corrected chi connectivity index (χ0v) is 10.8. The number of hydrogen-bond donors (Lipinski definition) is 1. The highest BCUT2D eigenvalue weighted by molar-refractivity contribution is 5.18. The van der Waals surface area contributed by atoms with E-state index in [2.05, 4.69) is 26.1 Å². The average molecular weight is 222 g/mol. The lowest BCUT2D eigenvalue weighted by molar-refractivity contribution is 0.368. The number of aryl methyl sites for hydroxylation is 1. The SMILES string of the molecule is Cc1oc(C2CCCNC2)nc1C(C)(C)C. The Labute approximate surface area is 97.6 Å². The van der Waals surface area contributed by atoms with Crippen LogP contribution < -0.4 is 5.32 Å². The highest BCUT2D eigenvalue weighted by Gasteiger charge is 2.26. The van der Waals surface area contributed by atoms with Gasteiger partial charge in [0.2, 0.25) is 0 Å². The fourth-order valence-corrected chi connectivity index (χ4v) is 2.35. The molecule has 3 nitrogen and oxygen atoms in total. The van der Waals surface area contributed by atoms with Crippen molar-refractivity contribution in [3.05, 3.63) is 17.3 Å². The molecule has 0 spiro atoms. The van der Waals surface area contributed by atoms with Crippen molar-refractivity contribution in [1.82, 2.24) is 10.3 Å². The van der Waals surface area contributed by atoms with Crippen molar-refractivity contribution in [2.45, 2.75) is 51.9 Å². The molecule has 16 heavy (non-hydrogen) atoms. The summed E-state index contributed by atoms with van der Waals surface area (Å²) in [6.45, 7) is 10.7. The molecule has 1 aromatic heterocycles. The maximum absolute atomic E-state index is 5.83. The van der Waals surface area contributed by atoms with E-state index in [-0.39, 0.29) is 5.41 Å². The van der Waals surface area contributed by atoms with Crippen molar-refractivity contribution < 1.29 is 4.42 Å². The third-order valence-electron chi connectivity index (χ3n) is 3.17. The summed E-state index contributed by atoms with van der Waals surface area (Å²) in [5.74, 6) is 2.37. The number of nitrogens with zero attached hydrogens (tertiary/aromatic N) is 1. The summed E-state index contributed by atoms with van der Waals surface area (Å²) in [5.41, 5.74) is 1.18. The van der Waals surface area contributed by atoms with Gasteiger partial charge in [-0.05, 0) is 26.3 Å². The maximum Gasteiger partial charge on any atom is 0.199 e. The van der Waals surface area contributed by atoms with E-state index in [4.69, 9.17) is 9.40 Å². The summed E-state index contributed by atoms with van der Waals surface area (Å²) in [6, 6.07) is 0. The fraction of sp³-hybridized carbons (Fsp3) is 0.769. The summed E-state index contributed by atoms with van der Waals surface area (Å²) >= 11 is 0. The molecule has 90 valence electrons. The van der Waals surface area contributed by atoms with Crippen LogP contribution in [0.15, 0.2) is 4.42 Å². The second kappa shape index (κ2) is 4.21. The van der Waals surface area contributed by atoms with Crippen molar-refractivity contribution in [3.8, 4) is 0 Å². The van der Waals surface area contributed by atoms with Gasteiger partial charge >= 0.3 is 0 Å². The van der Waals surface area contributed by atoms with Gasteiger partial charge in [-0.2, -0.15) is 0 Å². The molecular formula is C13H22N2O. The van der Waals surface area contributed by atoms with Gasteiger partial charge in [-0.1, -0.05) is 20.8 Å². The second-order valence-corrected chi connectivity index (χ2v) is 5.75. The third-order valence-corrected chi connectivity index (χ3v) is 3.17. The molecule has 0 radical (unpaired) electrons. The van der Waals surface area contributed by atoms with E-state index in [1.54, 1.807) is 0 Å². The Balaban J connectivity index is 2.23. The number of oxazole rings is 1.